The molecule has 6 heteroatoms. The Hall–Kier alpha value is -0.780. The summed E-state index contributed by atoms with van der Waals surface area (Å²) in [6.45, 7) is 6.15. The number of hydrogen-bond donors (Lipinski definition) is 1. The number of nitrogens with one attached hydrogen (secondary N) is 1. The highest BCUT2D eigenvalue weighted by Gasteiger charge is 2.34. The SMILES string of the molecule is CC(C)CCCC(C)Nc1ncc(Br)cc1C(F)(F)F. The van der Waals surface area contributed by atoms with Gasteiger partial charge in [0.15, 0.2) is 0 Å². The largest absolute Gasteiger partial charge is 0.419 e. The van der Waals surface area contributed by atoms with Gasteiger partial charge in [-0.05, 0) is 41.3 Å². The monoisotopic (exact) mass is 352 g/mol. The predicted molar refractivity (Wildman–Crippen MR) is 78.7 cm³/mol. The standard InChI is InChI=1S/C14H20BrF3N2/c1-9(2)5-4-6-10(3)20-13-12(14(16,17)18)7-11(15)8-19-13/h7-10H,4-6H2,1-3H3,(H,19,20). The van der Waals surface area contributed by atoms with Crippen molar-refractivity contribution in [2.24, 2.45) is 5.92 Å². The molecule has 0 aliphatic carbocycles. The molecule has 1 heterocycles. The molecule has 0 aliphatic rings. The zero-order valence-corrected chi connectivity index (χ0v) is 13.5. The van der Waals surface area contributed by atoms with Crippen molar-refractivity contribution in [1.29, 1.82) is 0 Å². The molecule has 2 nitrogen and oxygen atoms in total. The smallest absolute Gasteiger partial charge is 0.367 e. The first-order valence-corrected chi connectivity index (χ1v) is 7.48. The molecule has 1 N–H and O–H groups in total. The Morgan fingerprint density at radius 2 is 1.90 bits per heavy atom. The second-order valence-electron chi connectivity index (χ2n) is 5.42. The maximum Gasteiger partial charge on any atom is 0.419 e. The molecule has 0 amide bonds. The topological polar surface area (TPSA) is 24.9 Å². The summed E-state index contributed by atoms with van der Waals surface area (Å²) in [5, 5.41) is 2.87. The number of nitrogens with zero attached hydrogens (tertiary/aromatic N) is 1. The highest BCUT2D eigenvalue weighted by Crippen LogP contribution is 2.35. The second-order valence-corrected chi connectivity index (χ2v) is 6.33. The van der Waals surface area contributed by atoms with Gasteiger partial charge < -0.3 is 5.32 Å². The van der Waals surface area contributed by atoms with Crippen LogP contribution in [0.2, 0.25) is 0 Å². The summed E-state index contributed by atoms with van der Waals surface area (Å²) in [6.07, 6.45) is -0.141. The maximum atomic E-state index is 12.9. The number of pyridine rings is 1. The van der Waals surface area contributed by atoms with E-state index in [4.69, 9.17) is 0 Å². The number of anilines is 1. The summed E-state index contributed by atoms with van der Waals surface area (Å²) in [6, 6.07) is 1.01. The number of halogens is 4. The van der Waals surface area contributed by atoms with Crippen molar-refractivity contribution in [2.75, 3.05) is 5.32 Å². The Labute approximate surface area is 126 Å². The molecule has 1 rings (SSSR count). The van der Waals surface area contributed by atoms with Gasteiger partial charge in [0.05, 0.1) is 5.56 Å². The minimum Gasteiger partial charge on any atom is -0.367 e. The fraction of sp³-hybridized carbons (Fsp3) is 0.643. The number of alkyl halides is 3. The summed E-state index contributed by atoms with van der Waals surface area (Å²) in [4.78, 5) is 3.85. The summed E-state index contributed by atoms with van der Waals surface area (Å²) >= 11 is 3.02. The zero-order valence-electron chi connectivity index (χ0n) is 11.9. The van der Waals surface area contributed by atoms with Crippen molar-refractivity contribution in [3.63, 3.8) is 0 Å². The summed E-state index contributed by atoms with van der Waals surface area (Å²) in [7, 11) is 0. The number of aromatic nitrogens is 1. The average molecular weight is 353 g/mol. The van der Waals surface area contributed by atoms with Crippen molar-refractivity contribution in [3.05, 3.63) is 22.3 Å². The Kier molecular flexibility index (Phi) is 6.30. The molecule has 1 aromatic rings. The van der Waals surface area contributed by atoms with E-state index in [1.165, 1.54) is 6.20 Å². The third kappa shape index (κ3) is 5.69. The minimum atomic E-state index is -4.41. The van der Waals surface area contributed by atoms with E-state index in [0.29, 0.717) is 10.4 Å². The summed E-state index contributed by atoms with van der Waals surface area (Å²) in [5.41, 5.74) is -0.734. The number of hydrogen-bond acceptors (Lipinski definition) is 2. The average Bonchev–Trinajstić information content (AvgIpc) is 2.29. The lowest BCUT2D eigenvalue weighted by Crippen LogP contribution is -2.20. The van der Waals surface area contributed by atoms with Crippen LogP contribution in [0.5, 0.6) is 0 Å². The molecule has 0 fully saturated rings. The fourth-order valence-electron chi connectivity index (χ4n) is 1.91. The van der Waals surface area contributed by atoms with Gasteiger partial charge in [-0.3, -0.25) is 0 Å². The van der Waals surface area contributed by atoms with Crippen LogP contribution in [0.4, 0.5) is 19.0 Å². The quantitative estimate of drug-likeness (QED) is 0.732. The first kappa shape index (κ1) is 17.3. The molecule has 1 aromatic heterocycles. The van der Waals surface area contributed by atoms with Crippen molar-refractivity contribution in [3.8, 4) is 0 Å². The molecule has 0 saturated carbocycles. The van der Waals surface area contributed by atoms with E-state index < -0.39 is 11.7 Å². The summed E-state index contributed by atoms with van der Waals surface area (Å²) < 4.78 is 39.1. The van der Waals surface area contributed by atoms with Crippen LogP contribution >= 0.6 is 15.9 Å². The first-order valence-electron chi connectivity index (χ1n) is 6.69. The van der Waals surface area contributed by atoms with Crippen molar-refractivity contribution < 1.29 is 13.2 Å². The van der Waals surface area contributed by atoms with Gasteiger partial charge in [0.25, 0.3) is 0 Å². The van der Waals surface area contributed by atoms with E-state index in [2.05, 4.69) is 40.1 Å². The molecule has 0 saturated heterocycles. The van der Waals surface area contributed by atoms with Crippen molar-refractivity contribution in [1.82, 2.24) is 4.98 Å². The molecule has 0 bridgehead atoms. The van der Waals surface area contributed by atoms with Crippen LogP contribution in [0.15, 0.2) is 16.7 Å². The normalized spacial score (nSPS) is 13.6. The van der Waals surface area contributed by atoms with Gasteiger partial charge in [0.2, 0.25) is 0 Å². The lowest BCUT2D eigenvalue weighted by molar-refractivity contribution is -0.137. The lowest BCUT2D eigenvalue weighted by Gasteiger charge is -2.19. The molecular formula is C14H20BrF3N2. The molecule has 1 atom stereocenters. The highest BCUT2D eigenvalue weighted by molar-refractivity contribution is 9.10. The molecule has 0 spiro atoms. The van der Waals surface area contributed by atoms with Crippen LogP contribution < -0.4 is 5.32 Å². The maximum absolute atomic E-state index is 12.9. The first-order chi connectivity index (χ1) is 9.20. The van der Waals surface area contributed by atoms with Crippen LogP contribution in [0, 0.1) is 5.92 Å². The predicted octanol–water partition coefficient (Wildman–Crippen LogP) is 5.49. The van der Waals surface area contributed by atoms with Crippen LogP contribution in [0.25, 0.3) is 0 Å². The van der Waals surface area contributed by atoms with Gasteiger partial charge in [-0.25, -0.2) is 4.98 Å². The second kappa shape index (κ2) is 7.29. The Morgan fingerprint density at radius 1 is 1.25 bits per heavy atom. The van der Waals surface area contributed by atoms with E-state index >= 15 is 0 Å². The van der Waals surface area contributed by atoms with Gasteiger partial charge in [0, 0.05) is 16.7 Å². The van der Waals surface area contributed by atoms with Gasteiger partial charge >= 0.3 is 6.18 Å². The highest BCUT2D eigenvalue weighted by atomic mass is 79.9. The van der Waals surface area contributed by atoms with Crippen molar-refractivity contribution in [2.45, 2.75) is 52.3 Å². The van der Waals surface area contributed by atoms with Crippen molar-refractivity contribution >= 4 is 21.7 Å². The van der Waals surface area contributed by atoms with E-state index in [-0.39, 0.29) is 11.9 Å². The minimum absolute atomic E-state index is 0.0384. The van der Waals surface area contributed by atoms with Gasteiger partial charge in [0.1, 0.15) is 5.82 Å². The molecule has 1 unspecified atom stereocenters. The molecular weight excluding hydrogens is 333 g/mol. The Balaban J connectivity index is 2.72. The van der Waals surface area contributed by atoms with E-state index in [1.807, 2.05) is 6.92 Å². The van der Waals surface area contributed by atoms with E-state index in [9.17, 15) is 13.2 Å². The molecule has 0 aliphatic heterocycles. The summed E-state index contributed by atoms with van der Waals surface area (Å²) in [5.74, 6) is 0.511. The van der Waals surface area contributed by atoms with Crippen LogP contribution in [-0.4, -0.2) is 11.0 Å². The third-order valence-corrected chi connectivity index (χ3v) is 3.40. The molecule has 114 valence electrons. The van der Waals surface area contributed by atoms with E-state index in [1.54, 1.807) is 0 Å². The Bertz CT molecular complexity index is 433. The lowest BCUT2D eigenvalue weighted by atomic mass is 10.0. The molecule has 20 heavy (non-hydrogen) atoms. The fourth-order valence-corrected chi connectivity index (χ4v) is 2.24. The zero-order chi connectivity index (χ0) is 15.3. The third-order valence-electron chi connectivity index (χ3n) is 2.96. The molecule has 0 aromatic carbocycles. The van der Waals surface area contributed by atoms with Crippen LogP contribution in [0.1, 0.15) is 45.6 Å². The van der Waals surface area contributed by atoms with Gasteiger partial charge in [-0.2, -0.15) is 13.2 Å². The van der Waals surface area contributed by atoms with Crippen LogP contribution in [0.3, 0.4) is 0 Å². The van der Waals surface area contributed by atoms with Gasteiger partial charge in [-0.1, -0.05) is 26.7 Å². The number of rotatable bonds is 6. The van der Waals surface area contributed by atoms with E-state index in [0.717, 1.165) is 25.3 Å². The molecule has 0 radical (unpaired) electrons. The Morgan fingerprint density at radius 3 is 2.45 bits per heavy atom. The van der Waals surface area contributed by atoms with Gasteiger partial charge in [-0.15, -0.1) is 0 Å². The van der Waals surface area contributed by atoms with Crippen LogP contribution in [-0.2, 0) is 6.18 Å².